The van der Waals surface area contributed by atoms with Crippen molar-refractivity contribution in [2.24, 2.45) is 5.73 Å². The Morgan fingerprint density at radius 3 is 2.69 bits per heavy atom. The number of carbonyl (C=O) groups is 2. The van der Waals surface area contributed by atoms with Crippen molar-refractivity contribution in [3.8, 4) is 0 Å². The average Bonchev–Trinajstić information content (AvgIpc) is 3.37. The maximum atomic E-state index is 13.2. The van der Waals surface area contributed by atoms with Crippen LogP contribution in [0.25, 0.3) is 11.0 Å². The van der Waals surface area contributed by atoms with Crippen LogP contribution in [0.1, 0.15) is 23.7 Å². The first-order valence-corrected chi connectivity index (χ1v) is 12.2. The van der Waals surface area contributed by atoms with E-state index in [4.69, 9.17) is 5.73 Å². The van der Waals surface area contributed by atoms with Gasteiger partial charge >= 0.3 is 6.18 Å². The number of halogens is 3. The number of amides is 2. The third-order valence-corrected chi connectivity index (χ3v) is 7.19. The zero-order valence-electron chi connectivity index (χ0n) is 18.4. The molecule has 7 nitrogen and oxygen atoms in total. The van der Waals surface area contributed by atoms with Gasteiger partial charge < -0.3 is 10.3 Å². The number of fused-ring (bicyclic) bond motifs is 1. The highest BCUT2D eigenvalue weighted by Crippen LogP contribution is 2.31. The summed E-state index contributed by atoms with van der Waals surface area (Å²) < 4.78 is 41.8. The van der Waals surface area contributed by atoms with Crippen LogP contribution in [0, 0.1) is 0 Å². The number of imidazole rings is 1. The molecule has 1 unspecified atom stereocenters. The van der Waals surface area contributed by atoms with Crippen LogP contribution in [-0.4, -0.2) is 31.6 Å². The molecule has 4 aromatic rings. The number of hydrogen-bond acceptors (Lipinski definition) is 6. The molecule has 0 aliphatic carbocycles. The lowest BCUT2D eigenvalue weighted by molar-refractivity contribution is -0.137. The van der Waals surface area contributed by atoms with Crippen molar-refractivity contribution < 1.29 is 22.8 Å². The molecule has 0 radical (unpaired) electrons. The number of rotatable bonds is 8. The van der Waals surface area contributed by atoms with Gasteiger partial charge in [-0.15, -0.1) is 11.3 Å². The Hall–Kier alpha value is -3.38. The largest absolute Gasteiger partial charge is 0.416 e. The molecule has 1 atom stereocenters. The van der Waals surface area contributed by atoms with Crippen LogP contribution in [0.3, 0.4) is 0 Å². The summed E-state index contributed by atoms with van der Waals surface area (Å²) in [5.74, 6) is -0.611. The molecule has 3 N–H and O–H groups in total. The molecule has 0 aliphatic rings. The number of hydrogen-bond donors (Lipinski definition) is 2. The molecular formula is C23H20F3N5O2S2. The van der Waals surface area contributed by atoms with E-state index >= 15 is 0 Å². The highest BCUT2D eigenvalue weighted by molar-refractivity contribution is 8.02. The Morgan fingerprint density at radius 2 is 1.94 bits per heavy atom. The van der Waals surface area contributed by atoms with E-state index in [2.05, 4.69) is 15.3 Å². The Balaban J connectivity index is 1.54. The Morgan fingerprint density at radius 1 is 1.17 bits per heavy atom. The minimum atomic E-state index is -4.45. The van der Waals surface area contributed by atoms with E-state index in [-0.39, 0.29) is 24.8 Å². The molecule has 0 saturated carbocycles. The monoisotopic (exact) mass is 519 g/mol. The molecule has 0 saturated heterocycles. The van der Waals surface area contributed by atoms with Crippen molar-refractivity contribution in [3.63, 3.8) is 0 Å². The fourth-order valence-corrected chi connectivity index (χ4v) is 5.26. The molecule has 0 spiro atoms. The Labute approximate surface area is 206 Å². The maximum absolute atomic E-state index is 13.2. The van der Waals surface area contributed by atoms with E-state index < -0.39 is 22.9 Å². The van der Waals surface area contributed by atoms with Gasteiger partial charge in [-0.25, -0.2) is 9.97 Å². The fraction of sp³-hybridized carbons (Fsp3) is 0.217. The van der Waals surface area contributed by atoms with E-state index in [0.29, 0.717) is 26.6 Å². The number of primary amides is 1. The van der Waals surface area contributed by atoms with Crippen LogP contribution in [0.15, 0.2) is 58.3 Å². The number of para-hydroxylation sites is 2. The van der Waals surface area contributed by atoms with Gasteiger partial charge in [0, 0.05) is 5.38 Å². The quantitative estimate of drug-likeness (QED) is 0.328. The Bertz CT molecular complexity index is 1380. The number of alkyl halides is 3. The normalized spacial score (nSPS) is 12.6. The fourth-order valence-electron chi connectivity index (χ4n) is 3.33. The lowest BCUT2D eigenvalue weighted by Gasteiger charge is -2.12. The van der Waals surface area contributed by atoms with Crippen molar-refractivity contribution in [1.29, 1.82) is 0 Å². The third kappa shape index (κ3) is 6.01. The summed E-state index contributed by atoms with van der Waals surface area (Å²) in [6.07, 6.45) is -4.49. The number of nitrogens with one attached hydrogen (secondary N) is 1. The Kier molecular flexibility index (Phi) is 7.13. The highest BCUT2D eigenvalue weighted by Gasteiger charge is 2.30. The summed E-state index contributed by atoms with van der Waals surface area (Å²) in [4.78, 5) is 32.8. The van der Waals surface area contributed by atoms with Crippen molar-refractivity contribution >= 4 is 51.9 Å². The first kappa shape index (κ1) is 24.7. The first-order valence-electron chi connectivity index (χ1n) is 10.4. The van der Waals surface area contributed by atoms with E-state index in [0.717, 1.165) is 12.1 Å². The van der Waals surface area contributed by atoms with Crippen LogP contribution in [0.4, 0.5) is 19.1 Å². The summed E-state index contributed by atoms with van der Waals surface area (Å²) in [6.45, 7) is 1.76. The summed E-state index contributed by atoms with van der Waals surface area (Å²) in [7, 11) is 0. The predicted octanol–water partition coefficient (Wildman–Crippen LogP) is 4.71. The van der Waals surface area contributed by atoms with Crippen LogP contribution in [0.2, 0.25) is 0 Å². The van der Waals surface area contributed by atoms with Crippen LogP contribution >= 0.6 is 23.1 Å². The number of benzene rings is 2. The maximum Gasteiger partial charge on any atom is 0.416 e. The van der Waals surface area contributed by atoms with Gasteiger partial charge in [0.15, 0.2) is 4.34 Å². The summed E-state index contributed by atoms with van der Waals surface area (Å²) in [5.41, 5.74) is 6.75. The van der Waals surface area contributed by atoms with Gasteiger partial charge in [-0.05, 0) is 36.8 Å². The minimum absolute atomic E-state index is 0.0330. The smallest absolute Gasteiger partial charge is 0.369 e. The van der Waals surface area contributed by atoms with Gasteiger partial charge in [0.05, 0.1) is 40.5 Å². The van der Waals surface area contributed by atoms with Gasteiger partial charge in [-0.3, -0.25) is 14.9 Å². The van der Waals surface area contributed by atoms with Crippen molar-refractivity contribution in [2.75, 3.05) is 5.32 Å². The number of nitrogens with zero attached hydrogens (tertiary/aromatic N) is 3. The molecule has 35 heavy (non-hydrogen) atoms. The molecule has 2 aromatic carbocycles. The second-order valence-electron chi connectivity index (χ2n) is 7.70. The molecular weight excluding hydrogens is 499 g/mol. The number of thiazole rings is 1. The predicted molar refractivity (Wildman–Crippen MR) is 129 cm³/mol. The molecule has 2 heterocycles. The third-order valence-electron chi connectivity index (χ3n) is 5.05. The number of nitrogens with two attached hydrogens (primary N) is 1. The van der Waals surface area contributed by atoms with Gasteiger partial charge in [-0.2, -0.15) is 13.2 Å². The standard InChI is InChI=1S/C23H20F3N5O2S2/c1-13(20(27)33)35-22-28-16(12-34-22)10-19(32)30-21-29-17-7-2-3-8-18(17)31(21)11-14-5-4-6-15(9-14)23(24,25)26/h2-9,12-13H,10-11H2,1H3,(H2,27,33)(H,29,30,32). The molecule has 0 bridgehead atoms. The molecule has 12 heteroatoms. The lowest BCUT2D eigenvalue weighted by Crippen LogP contribution is -2.22. The molecule has 2 amide bonds. The molecule has 0 fully saturated rings. The summed E-state index contributed by atoms with van der Waals surface area (Å²) >= 11 is 2.52. The van der Waals surface area contributed by atoms with Gasteiger partial charge in [0.1, 0.15) is 0 Å². The first-order chi connectivity index (χ1) is 16.6. The van der Waals surface area contributed by atoms with E-state index in [1.807, 2.05) is 0 Å². The number of carbonyl (C=O) groups excluding carboxylic acids is 2. The van der Waals surface area contributed by atoms with Crippen LogP contribution < -0.4 is 11.1 Å². The SMILES string of the molecule is CC(Sc1nc(CC(=O)Nc2nc3ccccc3n2Cc2cccc(C(F)(F)F)c2)cs1)C(N)=O. The molecule has 0 aliphatic heterocycles. The van der Waals surface area contributed by atoms with Crippen molar-refractivity contribution in [1.82, 2.24) is 14.5 Å². The van der Waals surface area contributed by atoms with Crippen LogP contribution in [0.5, 0.6) is 0 Å². The highest BCUT2D eigenvalue weighted by atomic mass is 32.2. The van der Waals surface area contributed by atoms with E-state index in [1.54, 1.807) is 47.2 Å². The second kappa shape index (κ2) is 10.1. The topological polar surface area (TPSA) is 103 Å². The van der Waals surface area contributed by atoms with Crippen LogP contribution in [-0.2, 0) is 28.7 Å². The van der Waals surface area contributed by atoms with Gasteiger partial charge in [0.25, 0.3) is 0 Å². The molecule has 4 rings (SSSR count). The van der Waals surface area contributed by atoms with Crippen molar-refractivity contribution in [3.05, 3.63) is 70.7 Å². The lowest BCUT2D eigenvalue weighted by atomic mass is 10.1. The molecule has 2 aromatic heterocycles. The zero-order valence-corrected chi connectivity index (χ0v) is 20.0. The van der Waals surface area contributed by atoms with Crippen molar-refractivity contribution in [2.45, 2.75) is 35.7 Å². The number of aromatic nitrogens is 3. The summed E-state index contributed by atoms with van der Waals surface area (Å²) in [6, 6.07) is 12.2. The average molecular weight is 520 g/mol. The minimum Gasteiger partial charge on any atom is -0.369 e. The summed E-state index contributed by atoms with van der Waals surface area (Å²) in [5, 5.41) is 4.03. The van der Waals surface area contributed by atoms with Gasteiger partial charge in [-0.1, -0.05) is 36.0 Å². The van der Waals surface area contributed by atoms with E-state index in [9.17, 15) is 22.8 Å². The molecule has 182 valence electrons. The van der Waals surface area contributed by atoms with E-state index in [1.165, 1.54) is 29.2 Å². The number of anilines is 1. The van der Waals surface area contributed by atoms with Gasteiger partial charge in [0.2, 0.25) is 17.8 Å². The zero-order chi connectivity index (χ0) is 25.2. The second-order valence-corrected chi connectivity index (χ2v) is 10.1. The number of thioether (sulfide) groups is 1.